The molecule has 3 N–H and O–H groups in total. The van der Waals surface area contributed by atoms with E-state index in [9.17, 15) is 18.9 Å². The average molecular weight is 663 g/mol. The van der Waals surface area contributed by atoms with Gasteiger partial charge in [-0.1, -0.05) is 36.4 Å². The molecule has 0 saturated carbocycles. The lowest BCUT2D eigenvalue weighted by Gasteiger charge is -2.26. The molecule has 2 aromatic carbocycles. The van der Waals surface area contributed by atoms with E-state index in [-0.39, 0.29) is 24.1 Å². The van der Waals surface area contributed by atoms with Crippen molar-refractivity contribution in [1.82, 2.24) is 25.3 Å². The third-order valence-corrected chi connectivity index (χ3v) is 10.3. The molecule has 2 amide bonds. The molecule has 244 valence electrons. The van der Waals surface area contributed by atoms with Crippen LogP contribution in [0.1, 0.15) is 62.5 Å². The van der Waals surface area contributed by atoms with Gasteiger partial charge in [-0.15, -0.1) is 11.3 Å². The fourth-order valence-corrected chi connectivity index (χ4v) is 7.00. The number of hydrogen-bond donors (Lipinski definition) is 3. The Kier molecular flexibility index (Phi) is 11.4. The quantitative estimate of drug-likeness (QED) is 0.187. The summed E-state index contributed by atoms with van der Waals surface area (Å²) in [4.78, 5) is 30.9. The Morgan fingerprint density at radius 3 is 2.61 bits per heavy atom. The van der Waals surface area contributed by atoms with Crippen LogP contribution >= 0.6 is 11.3 Å². The first-order valence-corrected chi connectivity index (χ1v) is 17.9. The summed E-state index contributed by atoms with van der Waals surface area (Å²) in [5.41, 5.74) is 3.09. The van der Waals surface area contributed by atoms with E-state index < -0.39 is 29.0 Å². The highest BCUT2D eigenvalue weighted by Gasteiger charge is 2.32. The minimum absolute atomic E-state index is 0.0133. The van der Waals surface area contributed by atoms with Gasteiger partial charge in [-0.25, -0.2) is 4.21 Å². The molecule has 0 aliphatic carbocycles. The van der Waals surface area contributed by atoms with Crippen molar-refractivity contribution in [1.29, 1.82) is 0 Å². The van der Waals surface area contributed by atoms with Crippen LogP contribution in [0.3, 0.4) is 0 Å². The fraction of sp³-hybridized carbons (Fsp3) is 0.382. The summed E-state index contributed by atoms with van der Waals surface area (Å²) in [7, 11) is 0.293. The summed E-state index contributed by atoms with van der Waals surface area (Å²) in [6.45, 7) is 4.20. The van der Waals surface area contributed by atoms with E-state index in [1.165, 1.54) is 4.31 Å². The van der Waals surface area contributed by atoms with E-state index in [2.05, 4.69) is 21.8 Å². The van der Waals surface area contributed by atoms with Crippen LogP contribution in [0, 0.1) is 0 Å². The molecule has 1 saturated heterocycles. The highest BCUT2D eigenvalue weighted by molar-refractivity contribution is 7.85. The van der Waals surface area contributed by atoms with Gasteiger partial charge >= 0.3 is 0 Å². The van der Waals surface area contributed by atoms with Crippen molar-refractivity contribution in [2.24, 2.45) is 0 Å². The Morgan fingerprint density at radius 2 is 1.91 bits per heavy atom. The van der Waals surface area contributed by atoms with Gasteiger partial charge in [0.1, 0.15) is 11.0 Å². The number of thiophene rings is 1. The van der Waals surface area contributed by atoms with Crippen LogP contribution in [-0.2, 0) is 30.5 Å². The maximum absolute atomic E-state index is 13.9. The number of carbonyl (C=O) groups is 2. The highest BCUT2D eigenvalue weighted by Crippen LogP contribution is 2.36. The molecule has 1 aliphatic rings. The Labute approximate surface area is 277 Å². The maximum Gasteiger partial charge on any atom is 0.254 e. The lowest BCUT2D eigenvalue weighted by molar-refractivity contribution is 0.0738. The number of aryl methyl sites for hydroxylation is 1. The summed E-state index contributed by atoms with van der Waals surface area (Å²) in [6.07, 6.45) is 6.58. The second kappa shape index (κ2) is 15.6. The Balaban J connectivity index is 1.38. The van der Waals surface area contributed by atoms with Crippen molar-refractivity contribution >= 4 is 39.8 Å². The number of aliphatic hydroxyl groups is 1. The molecule has 0 bridgehead atoms. The van der Waals surface area contributed by atoms with Gasteiger partial charge in [0.15, 0.2) is 0 Å². The first-order valence-electron chi connectivity index (χ1n) is 15.5. The summed E-state index contributed by atoms with van der Waals surface area (Å²) in [5, 5.41) is 23.9. The predicted octanol–water partition coefficient (Wildman–Crippen LogP) is 4.16. The van der Waals surface area contributed by atoms with Gasteiger partial charge in [0, 0.05) is 67.2 Å². The predicted molar refractivity (Wildman–Crippen MR) is 183 cm³/mol. The molecule has 0 spiro atoms. The van der Waals surface area contributed by atoms with Gasteiger partial charge in [-0.2, -0.15) is 5.10 Å². The van der Waals surface area contributed by atoms with Crippen molar-refractivity contribution in [2.45, 2.75) is 57.5 Å². The first kappa shape index (κ1) is 33.5. The van der Waals surface area contributed by atoms with Crippen LogP contribution in [-0.4, -0.2) is 74.3 Å². The lowest BCUT2D eigenvalue weighted by atomic mass is 10.00. The van der Waals surface area contributed by atoms with Crippen molar-refractivity contribution in [3.05, 3.63) is 106 Å². The van der Waals surface area contributed by atoms with Crippen molar-refractivity contribution < 1.29 is 18.9 Å². The largest absolute Gasteiger partial charge is 0.390 e. The van der Waals surface area contributed by atoms with Gasteiger partial charge in [-0.3, -0.25) is 18.6 Å². The summed E-state index contributed by atoms with van der Waals surface area (Å²) in [6, 6.07) is 18.0. The van der Waals surface area contributed by atoms with E-state index in [1.54, 1.807) is 49.0 Å². The second-order valence-electron chi connectivity index (χ2n) is 11.5. The monoisotopic (exact) mass is 662 g/mol. The SMILES string of the molecule is CCn1cc(CNCC(O)[C@H](Cc2ccccc2)NC(=O)c2cc(C(=O)N3CCCC3c3cccs3)cc(N(C)S(C)=O)c2)cn1. The Morgan fingerprint density at radius 1 is 1.13 bits per heavy atom. The van der Waals surface area contributed by atoms with E-state index in [4.69, 9.17) is 0 Å². The number of nitrogens with one attached hydrogen (secondary N) is 2. The minimum Gasteiger partial charge on any atom is -0.390 e. The topological polar surface area (TPSA) is 120 Å². The number of nitrogens with zero attached hydrogens (tertiary/aromatic N) is 4. The Hall–Kier alpha value is -3.84. The highest BCUT2D eigenvalue weighted by atomic mass is 32.2. The van der Waals surface area contributed by atoms with Gasteiger partial charge < -0.3 is 20.6 Å². The van der Waals surface area contributed by atoms with Gasteiger partial charge in [0.05, 0.1) is 30.1 Å². The van der Waals surface area contributed by atoms with Gasteiger partial charge in [0.2, 0.25) is 0 Å². The second-order valence-corrected chi connectivity index (χ2v) is 13.9. The third kappa shape index (κ3) is 8.30. The van der Waals surface area contributed by atoms with Crippen LogP contribution in [0.4, 0.5) is 5.69 Å². The zero-order chi connectivity index (χ0) is 32.6. The summed E-state index contributed by atoms with van der Waals surface area (Å²) >= 11 is 1.63. The molecule has 12 heteroatoms. The number of aromatic nitrogens is 2. The fourth-order valence-electron chi connectivity index (χ4n) is 5.73. The van der Waals surface area contributed by atoms with E-state index >= 15 is 0 Å². The number of hydrogen-bond acceptors (Lipinski definition) is 7. The smallest absolute Gasteiger partial charge is 0.254 e. The standard InChI is InChI=1S/C34H42N6O4S2/c1-4-39-23-25(21-36-39)20-35-22-31(41)29(16-24-10-6-5-7-11-24)37-33(42)26-17-27(19-28(18-26)38(2)46(3)44)34(43)40-14-8-12-30(40)32-13-9-15-45-32/h5-7,9-11,13,15,17-19,21,23,29-31,35,41H,4,8,12,14,16,20,22H2,1-3H3,(H,37,42)/t29-,30?,31?,46?/m0/s1. The molecule has 46 heavy (non-hydrogen) atoms. The molecule has 5 rings (SSSR count). The van der Waals surface area contributed by atoms with E-state index in [0.29, 0.717) is 30.8 Å². The summed E-state index contributed by atoms with van der Waals surface area (Å²) < 4.78 is 15.8. The van der Waals surface area contributed by atoms with Crippen LogP contribution in [0.2, 0.25) is 0 Å². The molecule has 3 unspecified atom stereocenters. The Bertz CT molecular complexity index is 1630. The number of amides is 2. The summed E-state index contributed by atoms with van der Waals surface area (Å²) in [5.74, 6) is -0.592. The van der Waals surface area contributed by atoms with E-state index in [1.807, 2.05) is 64.5 Å². The van der Waals surface area contributed by atoms with E-state index in [0.717, 1.165) is 35.4 Å². The molecule has 10 nitrogen and oxygen atoms in total. The number of rotatable bonds is 14. The number of likely N-dealkylation sites (tertiary alicyclic amines) is 1. The van der Waals surface area contributed by atoms with Crippen LogP contribution < -0.4 is 14.9 Å². The zero-order valence-corrected chi connectivity index (χ0v) is 28.1. The lowest BCUT2D eigenvalue weighted by Crippen LogP contribution is -2.48. The number of benzene rings is 2. The molecular formula is C34H42N6O4S2. The van der Waals surface area contributed by atoms with Crippen molar-refractivity contribution in [3.8, 4) is 0 Å². The molecule has 4 aromatic rings. The van der Waals surface area contributed by atoms with Crippen LogP contribution in [0.5, 0.6) is 0 Å². The van der Waals surface area contributed by atoms with Gasteiger partial charge in [-0.05, 0) is 61.4 Å². The molecule has 3 heterocycles. The number of carbonyl (C=O) groups excluding carboxylic acids is 2. The first-order chi connectivity index (χ1) is 22.2. The average Bonchev–Trinajstić information content (AvgIpc) is 3.86. The zero-order valence-electron chi connectivity index (χ0n) is 26.5. The minimum atomic E-state index is -1.38. The van der Waals surface area contributed by atoms with Crippen LogP contribution in [0.25, 0.3) is 0 Å². The number of anilines is 1. The van der Waals surface area contributed by atoms with Crippen molar-refractivity contribution in [3.63, 3.8) is 0 Å². The molecule has 2 aromatic heterocycles. The number of aliphatic hydroxyl groups excluding tert-OH is 1. The molecule has 1 aliphatic heterocycles. The normalized spacial score (nSPS) is 16.6. The molecular weight excluding hydrogens is 621 g/mol. The third-order valence-electron chi connectivity index (χ3n) is 8.33. The van der Waals surface area contributed by atoms with Crippen LogP contribution in [0.15, 0.2) is 78.4 Å². The molecule has 1 fully saturated rings. The van der Waals surface area contributed by atoms with Crippen molar-refractivity contribution in [2.75, 3.05) is 30.7 Å². The molecule has 0 radical (unpaired) electrons. The van der Waals surface area contributed by atoms with Gasteiger partial charge in [0.25, 0.3) is 11.8 Å². The molecule has 4 atom stereocenters. The maximum atomic E-state index is 13.9.